The maximum absolute atomic E-state index is 12.5. The Labute approximate surface area is 126 Å². The lowest BCUT2D eigenvalue weighted by molar-refractivity contribution is 0.0791. The van der Waals surface area contributed by atoms with Crippen LogP contribution in [0.5, 0.6) is 17.2 Å². The number of carbonyl (C=O) groups is 1. The zero-order valence-electron chi connectivity index (χ0n) is 11.9. The summed E-state index contributed by atoms with van der Waals surface area (Å²) in [5.74, 6) is 1.40. The van der Waals surface area contributed by atoms with E-state index >= 15 is 0 Å². The molecular weight excluding hydrogens is 326 g/mol. The number of benzene rings is 1. The van der Waals surface area contributed by atoms with Gasteiger partial charge in [0.1, 0.15) is 0 Å². The highest BCUT2D eigenvalue weighted by Crippen LogP contribution is 2.45. The molecule has 20 heavy (non-hydrogen) atoms. The van der Waals surface area contributed by atoms with E-state index < -0.39 is 0 Å². The Bertz CT molecular complexity index is 512. The molecular formula is C14H18BrNO4. The Hall–Kier alpha value is -1.43. The van der Waals surface area contributed by atoms with Crippen LogP contribution >= 0.6 is 15.9 Å². The SMILES string of the molecule is COc1cc(C(=O)N2CCCC2)c(Br)c(OC)c1OC. The molecule has 6 heteroatoms. The fraction of sp³-hybridized carbons (Fsp3) is 0.500. The Morgan fingerprint density at radius 3 is 2.20 bits per heavy atom. The van der Waals surface area contributed by atoms with Crippen molar-refractivity contribution in [2.75, 3.05) is 34.4 Å². The smallest absolute Gasteiger partial charge is 0.255 e. The molecule has 0 N–H and O–H groups in total. The van der Waals surface area contributed by atoms with E-state index in [9.17, 15) is 4.79 Å². The van der Waals surface area contributed by atoms with Crippen LogP contribution in [-0.4, -0.2) is 45.2 Å². The largest absolute Gasteiger partial charge is 0.493 e. The predicted octanol–water partition coefficient (Wildman–Crippen LogP) is 2.71. The normalized spacial score (nSPS) is 14.3. The zero-order valence-corrected chi connectivity index (χ0v) is 13.4. The summed E-state index contributed by atoms with van der Waals surface area (Å²) in [5, 5.41) is 0. The van der Waals surface area contributed by atoms with E-state index in [0.717, 1.165) is 25.9 Å². The standard InChI is InChI=1S/C14H18BrNO4/c1-18-10-8-9(14(17)16-6-4-5-7-16)11(15)13(20-3)12(10)19-2/h8H,4-7H2,1-3H3. The van der Waals surface area contributed by atoms with Crippen LogP contribution in [-0.2, 0) is 0 Å². The molecule has 0 spiro atoms. The molecule has 0 unspecified atom stereocenters. The van der Waals surface area contributed by atoms with Gasteiger partial charge < -0.3 is 19.1 Å². The molecule has 1 aromatic rings. The lowest BCUT2D eigenvalue weighted by atomic mass is 10.1. The Morgan fingerprint density at radius 2 is 1.70 bits per heavy atom. The minimum atomic E-state index is -0.0198. The van der Waals surface area contributed by atoms with Gasteiger partial charge in [-0.2, -0.15) is 0 Å². The van der Waals surface area contributed by atoms with Gasteiger partial charge in [0.05, 0.1) is 31.4 Å². The Morgan fingerprint density at radius 1 is 1.10 bits per heavy atom. The maximum Gasteiger partial charge on any atom is 0.255 e. The van der Waals surface area contributed by atoms with Crippen LogP contribution in [0.25, 0.3) is 0 Å². The van der Waals surface area contributed by atoms with E-state index in [1.807, 2.05) is 4.90 Å². The molecule has 1 aliphatic heterocycles. The van der Waals surface area contributed by atoms with E-state index in [1.54, 1.807) is 6.07 Å². The average Bonchev–Trinajstić information content (AvgIpc) is 3.00. The van der Waals surface area contributed by atoms with Gasteiger partial charge >= 0.3 is 0 Å². The molecule has 110 valence electrons. The lowest BCUT2D eigenvalue weighted by Gasteiger charge is -2.20. The summed E-state index contributed by atoms with van der Waals surface area (Å²) >= 11 is 3.44. The van der Waals surface area contributed by atoms with Gasteiger partial charge in [-0.25, -0.2) is 0 Å². The average molecular weight is 344 g/mol. The maximum atomic E-state index is 12.5. The second kappa shape index (κ2) is 6.35. The van der Waals surface area contributed by atoms with Crippen molar-refractivity contribution in [2.45, 2.75) is 12.8 Å². The molecule has 1 saturated heterocycles. The number of methoxy groups -OCH3 is 3. The Balaban J connectivity index is 2.50. The van der Waals surface area contributed by atoms with E-state index in [-0.39, 0.29) is 5.91 Å². The fourth-order valence-corrected chi connectivity index (χ4v) is 2.99. The number of hydrogen-bond donors (Lipinski definition) is 0. The van der Waals surface area contributed by atoms with E-state index in [4.69, 9.17) is 14.2 Å². The van der Waals surface area contributed by atoms with Gasteiger partial charge in [0, 0.05) is 13.1 Å². The first kappa shape index (κ1) is 15.0. The zero-order chi connectivity index (χ0) is 14.7. The topological polar surface area (TPSA) is 48.0 Å². The summed E-state index contributed by atoms with van der Waals surface area (Å²) in [4.78, 5) is 14.4. The van der Waals surface area contributed by atoms with Crippen LogP contribution in [0.3, 0.4) is 0 Å². The molecule has 0 bridgehead atoms. The molecule has 0 radical (unpaired) electrons. The quantitative estimate of drug-likeness (QED) is 0.843. The highest BCUT2D eigenvalue weighted by Gasteiger charge is 2.27. The van der Waals surface area contributed by atoms with Gasteiger partial charge in [-0.05, 0) is 34.8 Å². The minimum Gasteiger partial charge on any atom is -0.493 e. The van der Waals surface area contributed by atoms with Crippen LogP contribution in [0.1, 0.15) is 23.2 Å². The predicted molar refractivity (Wildman–Crippen MR) is 78.9 cm³/mol. The van der Waals surface area contributed by atoms with Gasteiger partial charge in [0.25, 0.3) is 5.91 Å². The summed E-state index contributed by atoms with van der Waals surface area (Å²) in [6.45, 7) is 1.59. The van der Waals surface area contributed by atoms with Crippen molar-refractivity contribution in [1.82, 2.24) is 4.90 Å². The molecule has 1 fully saturated rings. The third kappa shape index (κ3) is 2.57. The molecule has 0 aliphatic carbocycles. The van der Waals surface area contributed by atoms with E-state index in [1.165, 1.54) is 21.3 Å². The molecule has 1 aliphatic rings. The van der Waals surface area contributed by atoms with Crippen molar-refractivity contribution in [3.63, 3.8) is 0 Å². The first-order valence-electron chi connectivity index (χ1n) is 6.41. The van der Waals surface area contributed by atoms with Crippen LogP contribution in [0.4, 0.5) is 0 Å². The van der Waals surface area contributed by atoms with Crippen molar-refractivity contribution in [3.05, 3.63) is 16.1 Å². The first-order chi connectivity index (χ1) is 9.63. The highest BCUT2D eigenvalue weighted by atomic mass is 79.9. The summed E-state index contributed by atoms with van der Waals surface area (Å²) in [6, 6.07) is 1.69. The van der Waals surface area contributed by atoms with Crippen LogP contribution in [0.2, 0.25) is 0 Å². The third-order valence-electron chi connectivity index (χ3n) is 3.39. The number of rotatable bonds is 4. The molecule has 5 nitrogen and oxygen atoms in total. The number of hydrogen-bond acceptors (Lipinski definition) is 4. The van der Waals surface area contributed by atoms with Gasteiger partial charge in [-0.3, -0.25) is 4.79 Å². The van der Waals surface area contributed by atoms with Crippen molar-refractivity contribution in [1.29, 1.82) is 0 Å². The van der Waals surface area contributed by atoms with Gasteiger partial charge in [-0.15, -0.1) is 0 Å². The molecule has 1 heterocycles. The molecule has 1 amide bonds. The minimum absolute atomic E-state index is 0.0198. The Kier molecular flexibility index (Phi) is 4.75. The monoisotopic (exact) mass is 343 g/mol. The van der Waals surface area contributed by atoms with Crippen LogP contribution in [0.15, 0.2) is 10.5 Å². The summed E-state index contributed by atoms with van der Waals surface area (Å²) in [5.41, 5.74) is 0.529. The molecule has 2 rings (SSSR count). The lowest BCUT2D eigenvalue weighted by Crippen LogP contribution is -2.28. The third-order valence-corrected chi connectivity index (χ3v) is 4.18. The van der Waals surface area contributed by atoms with E-state index in [2.05, 4.69) is 15.9 Å². The van der Waals surface area contributed by atoms with Gasteiger partial charge in [-0.1, -0.05) is 0 Å². The highest BCUT2D eigenvalue weighted by molar-refractivity contribution is 9.10. The number of halogens is 1. The van der Waals surface area contributed by atoms with Gasteiger partial charge in [0.2, 0.25) is 5.75 Å². The van der Waals surface area contributed by atoms with Crippen LogP contribution < -0.4 is 14.2 Å². The fourth-order valence-electron chi connectivity index (χ4n) is 2.37. The summed E-state index contributed by atoms with van der Waals surface area (Å²) in [7, 11) is 4.61. The molecule has 0 saturated carbocycles. The summed E-state index contributed by atoms with van der Waals surface area (Å²) in [6.07, 6.45) is 2.10. The number of amides is 1. The van der Waals surface area contributed by atoms with Gasteiger partial charge in [0.15, 0.2) is 11.5 Å². The number of nitrogens with zero attached hydrogens (tertiary/aromatic N) is 1. The molecule has 0 aromatic heterocycles. The second-order valence-electron chi connectivity index (χ2n) is 4.51. The van der Waals surface area contributed by atoms with Crippen molar-refractivity contribution in [3.8, 4) is 17.2 Å². The van der Waals surface area contributed by atoms with E-state index in [0.29, 0.717) is 27.3 Å². The van der Waals surface area contributed by atoms with Crippen molar-refractivity contribution < 1.29 is 19.0 Å². The molecule has 1 aromatic carbocycles. The second-order valence-corrected chi connectivity index (χ2v) is 5.30. The number of likely N-dealkylation sites (tertiary alicyclic amines) is 1. The van der Waals surface area contributed by atoms with Crippen molar-refractivity contribution in [2.24, 2.45) is 0 Å². The first-order valence-corrected chi connectivity index (χ1v) is 7.21. The molecule has 0 atom stereocenters. The van der Waals surface area contributed by atoms with Crippen LogP contribution in [0, 0.1) is 0 Å². The summed E-state index contributed by atoms with van der Waals surface area (Å²) < 4.78 is 16.5. The number of ether oxygens (including phenoxy) is 3. The number of carbonyl (C=O) groups excluding carboxylic acids is 1. The van der Waals surface area contributed by atoms with Crippen molar-refractivity contribution >= 4 is 21.8 Å².